The van der Waals surface area contributed by atoms with Gasteiger partial charge in [0, 0.05) is 45.4 Å². The highest BCUT2D eigenvalue weighted by molar-refractivity contribution is 4.86. The Balaban J connectivity index is 2.36. The Morgan fingerprint density at radius 3 is 2.81 bits per heavy atom. The minimum absolute atomic E-state index is 0.386. The number of piperazine rings is 1. The van der Waals surface area contributed by atoms with Crippen molar-refractivity contribution in [1.29, 1.82) is 5.26 Å². The number of hydrogen-bond donors (Lipinski definition) is 0. The summed E-state index contributed by atoms with van der Waals surface area (Å²) in [5.41, 5.74) is 0. The maximum atomic E-state index is 8.70. The third kappa shape index (κ3) is 3.75. The van der Waals surface area contributed by atoms with Gasteiger partial charge in [0.2, 0.25) is 0 Å². The first kappa shape index (κ1) is 13.4. The number of nitrogens with zero attached hydrogens (tertiary/aromatic N) is 3. The van der Waals surface area contributed by atoms with E-state index in [1.54, 1.807) is 7.11 Å². The van der Waals surface area contributed by atoms with Gasteiger partial charge in [0.05, 0.1) is 19.1 Å². The summed E-state index contributed by atoms with van der Waals surface area (Å²) >= 11 is 0. The number of nitriles is 1. The highest BCUT2D eigenvalue weighted by Crippen LogP contribution is 2.13. The molecule has 0 radical (unpaired) electrons. The Morgan fingerprint density at radius 2 is 2.25 bits per heavy atom. The second kappa shape index (κ2) is 6.85. The molecule has 0 spiro atoms. The topological polar surface area (TPSA) is 39.5 Å². The minimum Gasteiger partial charge on any atom is -0.383 e. The van der Waals surface area contributed by atoms with Gasteiger partial charge >= 0.3 is 0 Å². The minimum atomic E-state index is 0.386. The first-order valence-corrected chi connectivity index (χ1v) is 6.03. The second-order valence-electron chi connectivity index (χ2n) is 4.58. The van der Waals surface area contributed by atoms with Crippen LogP contribution in [0.1, 0.15) is 20.3 Å². The fourth-order valence-corrected chi connectivity index (χ4v) is 2.23. The summed E-state index contributed by atoms with van der Waals surface area (Å²) in [5.74, 6) is 0. The van der Waals surface area contributed by atoms with Crippen LogP contribution in [-0.2, 0) is 4.74 Å². The summed E-state index contributed by atoms with van der Waals surface area (Å²) < 4.78 is 5.11. The molecule has 1 aliphatic rings. The molecular formula is C12H23N3O. The SMILES string of the molecule is COCCN1CCN(C(C)CC#N)CC1C. The first-order chi connectivity index (χ1) is 7.69. The monoisotopic (exact) mass is 225 g/mol. The zero-order valence-electron chi connectivity index (χ0n) is 10.6. The summed E-state index contributed by atoms with van der Waals surface area (Å²) in [6.45, 7) is 9.42. The average molecular weight is 225 g/mol. The molecule has 1 aliphatic heterocycles. The van der Waals surface area contributed by atoms with Crippen LogP contribution in [0.15, 0.2) is 0 Å². The van der Waals surface area contributed by atoms with E-state index < -0.39 is 0 Å². The van der Waals surface area contributed by atoms with E-state index in [9.17, 15) is 0 Å². The van der Waals surface area contributed by atoms with E-state index >= 15 is 0 Å². The number of hydrogen-bond acceptors (Lipinski definition) is 4. The predicted molar refractivity (Wildman–Crippen MR) is 64.2 cm³/mol. The molecule has 0 bridgehead atoms. The van der Waals surface area contributed by atoms with Crippen molar-refractivity contribution in [3.63, 3.8) is 0 Å². The van der Waals surface area contributed by atoms with Crippen LogP contribution in [0.2, 0.25) is 0 Å². The quantitative estimate of drug-likeness (QED) is 0.698. The molecule has 1 fully saturated rings. The molecule has 0 saturated carbocycles. The third-order valence-corrected chi connectivity index (χ3v) is 3.39. The summed E-state index contributed by atoms with van der Waals surface area (Å²) in [7, 11) is 1.75. The lowest BCUT2D eigenvalue weighted by Gasteiger charge is -2.41. The Kier molecular flexibility index (Phi) is 5.75. The van der Waals surface area contributed by atoms with Crippen molar-refractivity contribution >= 4 is 0 Å². The molecule has 2 unspecified atom stereocenters. The first-order valence-electron chi connectivity index (χ1n) is 6.03. The molecule has 0 aliphatic carbocycles. The summed E-state index contributed by atoms with van der Waals surface area (Å²) in [5, 5.41) is 8.70. The number of ether oxygens (including phenoxy) is 1. The zero-order chi connectivity index (χ0) is 12.0. The van der Waals surface area contributed by atoms with Crippen LogP contribution in [0.25, 0.3) is 0 Å². The highest BCUT2D eigenvalue weighted by Gasteiger charge is 2.25. The van der Waals surface area contributed by atoms with E-state index in [4.69, 9.17) is 10.00 Å². The summed E-state index contributed by atoms with van der Waals surface area (Å²) in [4.78, 5) is 4.87. The molecule has 92 valence electrons. The van der Waals surface area contributed by atoms with E-state index in [-0.39, 0.29) is 0 Å². The van der Waals surface area contributed by atoms with Gasteiger partial charge in [0.15, 0.2) is 0 Å². The summed E-state index contributed by atoms with van der Waals surface area (Å²) in [6.07, 6.45) is 0.630. The molecule has 0 aromatic heterocycles. The predicted octanol–water partition coefficient (Wildman–Crippen LogP) is 0.941. The molecule has 0 amide bonds. The molecule has 2 atom stereocenters. The van der Waals surface area contributed by atoms with E-state index in [1.165, 1.54) is 0 Å². The molecule has 1 heterocycles. The van der Waals surface area contributed by atoms with Crippen molar-refractivity contribution in [2.45, 2.75) is 32.4 Å². The maximum Gasteiger partial charge on any atom is 0.0638 e. The second-order valence-corrected chi connectivity index (χ2v) is 4.58. The standard InChI is InChI=1S/C12H23N3O/c1-11(4-5-13)15-7-6-14(8-9-16-3)12(2)10-15/h11-12H,4,6-10H2,1-3H3. The Morgan fingerprint density at radius 1 is 1.50 bits per heavy atom. The van der Waals surface area contributed by atoms with E-state index in [2.05, 4.69) is 29.7 Å². The van der Waals surface area contributed by atoms with Gasteiger partial charge in [-0.25, -0.2) is 0 Å². The average Bonchev–Trinajstić information content (AvgIpc) is 2.27. The highest BCUT2D eigenvalue weighted by atomic mass is 16.5. The van der Waals surface area contributed by atoms with E-state index in [1.807, 2.05) is 0 Å². The van der Waals surface area contributed by atoms with E-state index in [0.29, 0.717) is 18.5 Å². The van der Waals surface area contributed by atoms with Crippen molar-refractivity contribution in [1.82, 2.24) is 9.80 Å². The van der Waals surface area contributed by atoms with Crippen molar-refractivity contribution in [3.8, 4) is 6.07 Å². The zero-order valence-corrected chi connectivity index (χ0v) is 10.6. The molecule has 4 heteroatoms. The van der Waals surface area contributed by atoms with Crippen molar-refractivity contribution in [3.05, 3.63) is 0 Å². The molecule has 0 aromatic rings. The van der Waals surface area contributed by atoms with Gasteiger partial charge in [-0.1, -0.05) is 0 Å². The largest absolute Gasteiger partial charge is 0.383 e. The van der Waals surface area contributed by atoms with Crippen molar-refractivity contribution in [2.75, 3.05) is 39.9 Å². The lowest BCUT2D eigenvalue weighted by Crippen LogP contribution is -2.54. The number of rotatable bonds is 5. The van der Waals surface area contributed by atoms with Gasteiger partial charge in [-0.2, -0.15) is 5.26 Å². The van der Waals surface area contributed by atoms with Crippen LogP contribution in [0.4, 0.5) is 0 Å². The van der Waals surface area contributed by atoms with Crippen LogP contribution in [0, 0.1) is 11.3 Å². The Hall–Kier alpha value is -0.630. The fourth-order valence-electron chi connectivity index (χ4n) is 2.23. The van der Waals surface area contributed by atoms with Crippen molar-refractivity contribution in [2.24, 2.45) is 0 Å². The van der Waals surface area contributed by atoms with Crippen LogP contribution >= 0.6 is 0 Å². The normalized spacial score (nSPS) is 25.2. The molecule has 4 nitrogen and oxygen atoms in total. The van der Waals surface area contributed by atoms with Crippen LogP contribution in [0.3, 0.4) is 0 Å². The molecule has 1 saturated heterocycles. The van der Waals surface area contributed by atoms with Gasteiger partial charge in [0.25, 0.3) is 0 Å². The van der Waals surface area contributed by atoms with Crippen LogP contribution < -0.4 is 0 Å². The van der Waals surface area contributed by atoms with Gasteiger partial charge in [-0.15, -0.1) is 0 Å². The number of methoxy groups -OCH3 is 1. The van der Waals surface area contributed by atoms with Gasteiger partial charge in [-0.05, 0) is 13.8 Å². The molecule has 0 N–H and O–H groups in total. The van der Waals surface area contributed by atoms with Crippen LogP contribution in [0.5, 0.6) is 0 Å². The fraction of sp³-hybridized carbons (Fsp3) is 0.917. The molecular weight excluding hydrogens is 202 g/mol. The van der Waals surface area contributed by atoms with E-state index in [0.717, 1.165) is 32.8 Å². The summed E-state index contributed by atoms with van der Waals surface area (Å²) in [6, 6.07) is 3.20. The van der Waals surface area contributed by atoms with Crippen LogP contribution in [-0.4, -0.2) is 61.8 Å². The van der Waals surface area contributed by atoms with Gasteiger partial charge < -0.3 is 4.74 Å². The third-order valence-electron chi connectivity index (χ3n) is 3.39. The van der Waals surface area contributed by atoms with Gasteiger partial charge in [-0.3, -0.25) is 9.80 Å². The molecule has 16 heavy (non-hydrogen) atoms. The maximum absolute atomic E-state index is 8.70. The molecule has 1 rings (SSSR count). The van der Waals surface area contributed by atoms with Gasteiger partial charge in [0.1, 0.15) is 0 Å². The Labute approximate surface area is 98.8 Å². The smallest absolute Gasteiger partial charge is 0.0638 e. The lowest BCUT2D eigenvalue weighted by molar-refractivity contribution is 0.0430. The molecule has 0 aromatic carbocycles. The Bertz CT molecular complexity index is 239. The lowest BCUT2D eigenvalue weighted by atomic mass is 10.1. The van der Waals surface area contributed by atoms with Crippen molar-refractivity contribution < 1.29 is 4.74 Å².